The fourth-order valence-corrected chi connectivity index (χ4v) is 6.51. The highest BCUT2D eigenvalue weighted by atomic mass is 35.5. The van der Waals surface area contributed by atoms with Gasteiger partial charge in [0.05, 0.1) is 18.2 Å². The normalized spacial score (nSPS) is 19.9. The second kappa shape index (κ2) is 11.7. The Morgan fingerprint density at radius 2 is 1.97 bits per heavy atom. The highest BCUT2D eigenvalue weighted by Gasteiger charge is 2.32. The number of carboxylic acid groups (broad SMARTS) is 1. The van der Waals surface area contributed by atoms with Gasteiger partial charge in [-0.1, -0.05) is 47.0 Å². The Balaban J connectivity index is 1.25. The molecule has 2 heterocycles. The number of hydrogen-bond acceptors (Lipinski definition) is 4. The van der Waals surface area contributed by atoms with Crippen LogP contribution >= 0.6 is 11.6 Å². The molecule has 0 amide bonds. The van der Waals surface area contributed by atoms with Crippen LogP contribution in [0.15, 0.2) is 64.9 Å². The molecule has 1 aromatic carbocycles. The van der Waals surface area contributed by atoms with Crippen molar-refractivity contribution in [3.63, 3.8) is 0 Å². The first-order valence-corrected chi connectivity index (χ1v) is 14.5. The third kappa shape index (κ3) is 5.85. The number of allylic oxidation sites excluding steroid dienone is 5. The highest BCUT2D eigenvalue weighted by Crippen LogP contribution is 2.45. The van der Waals surface area contributed by atoms with Crippen molar-refractivity contribution in [2.45, 2.75) is 64.2 Å². The Labute approximate surface area is 237 Å². The van der Waals surface area contributed by atoms with E-state index in [0.29, 0.717) is 5.92 Å². The summed E-state index contributed by atoms with van der Waals surface area (Å²) < 4.78 is 5.64. The molecule has 3 aliphatic rings. The third-order valence-corrected chi connectivity index (χ3v) is 9.07. The number of hydrogen-bond donors (Lipinski definition) is 1. The Morgan fingerprint density at radius 3 is 2.72 bits per heavy atom. The summed E-state index contributed by atoms with van der Waals surface area (Å²) >= 11 is 6.42. The van der Waals surface area contributed by atoms with Crippen molar-refractivity contribution < 1.29 is 14.6 Å². The first kappa shape index (κ1) is 27.7. The minimum absolute atomic E-state index is 0.395. The molecule has 1 aromatic heterocycles. The molecule has 0 saturated carbocycles. The summed E-state index contributed by atoms with van der Waals surface area (Å²) in [6.45, 7) is 6.61. The molecular weight excluding hydrogens is 508 g/mol. The van der Waals surface area contributed by atoms with Crippen molar-refractivity contribution in [3.05, 3.63) is 87.2 Å². The van der Waals surface area contributed by atoms with Crippen LogP contribution in [0.1, 0.15) is 68.3 Å². The van der Waals surface area contributed by atoms with E-state index in [0.717, 1.165) is 86.5 Å². The number of benzene rings is 1. The van der Waals surface area contributed by atoms with Gasteiger partial charge in [-0.15, -0.1) is 0 Å². The molecule has 5 rings (SSSR count). The van der Waals surface area contributed by atoms with Crippen molar-refractivity contribution in [2.75, 3.05) is 26.7 Å². The number of carboxylic acids is 1. The predicted molar refractivity (Wildman–Crippen MR) is 157 cm³/mol. The van der Waals surface area contributed by atoms with E-state index in [1.807, 2.05) is 24.4 Å². The molecular formula is C33H39ClN2O3. The van der Waals surface area contributed by atoms with E-state index in [4.69, 9.17) is 21.3 Å². The lowest BCUT2D eigenvalue weighted by molar-refractivity contribution is -0.142. The predicted octanol–water partition coefficient (Wildman–Crippen LogP) is 6.95. The van der Waals surface area contributed by atoms with E-state index >= 15 is 0 Å². The summed E-state index contributed by atoms with van der Waals surface area (Å²) in [7, 11) is 1.66. The van der Waals surface area contributed by atoms with Crippen LogP contribution in [0.4, 0.5) is 0 Å². The summed E-state index contributed by atoms with van der Waals surface area (Å²) in [6.07, 6.45) is 13.4. The average molecular weight is 547 g/mol. The fraction of sp³-hybridized carbons (Fsp3) is 0.455. The lowest BCUT2D eigenvalue weighted by atomic mass is 9.79. The van der Waals surface area contributed by atoms with Gasteiger partial charge in [-0.25, -0.2) is 0 Å². The number of likely N-dealkylation sites (tertiary alicyclic amines) is 1. The SMILES string of the molecule is COc1cc(C(C)(C)C(=O)O)ccc1CCCN1CCC(=C2c3ncccc3CCC3=CC(Cl)=CCC32)CC1. The number of piperidine rings is 1. The Kier molecular flexibility index (Phi) is 8.29. The molecule has 1 N–H and O–H groups in total. The van der Waals surface area contributed by atoms with Crippen molar-refractivity contribution in [1.29, 1.82) is 0 Å². The molecule has 206 valence electrons. The molecule has 1 aliphatic heterocycles. The first-order valence-electron chi connectivity index (χ1n) is 14.1. The smallest absolute Gasteiger partial charge is 0.313 e. The largest absolute Gasteiger partial charge is 0.496 e. The monoisotopic (exact) mass is 546 g/mol. The van der Waals surface area contributed by atoms with Gasteiger partial charge in [-0.05, 0) is 106 Å². The van der Waals surface area contributed by atoms with Gasteiger partial charge in [0.1, 0.15) is 5.75 Å². The number of aliphatic carboxylic acids is 1. The van der Waals surface area contributed by atoms with Gasteiger partial charge in [-0.3, -0.25) is 9.78 Å². The minimum Gasteiger partial charge on any atom is -0.496 e. The van der Waals surface area contributed by atoms with Crippen LogP contribution in [0.5, 0.6) is 5.75 Å². The first-order chi connectivity index (χ1) is 18.8. The Hall–Kier alpha value is -2.89. The Morgan fingerprint density at radius 1 is 1.18 bits per heavy atom. The molecule has 2 aromatic rings. The second-order valence-corrected chi connectivity index (χ2v) is 12.0. The topological polar surface area (TPSA) is 62.7 Å². The summed E-state index contributed by atoms with van der Waals surface area (Å²) in [5.74, 6) is 0.333. The van der Waals surface area contributed by atoms with Gasteiger partial charge < -0.3 is 14.7 Å². The zero-order valence-corrected chi connectivity index (χ0v) is 24.1. The average Bonchev–Trinajstić information content (AvgIpc) is 3.10. The molecule has 1 fully saturated rings. The molecule has 1 atom stereocenters. The highest BCUT2D eigenvalue weighted by molar-refractivity contribution is 6.31. The lowest BCUT2D eigenvalue weighted by Crippen LogP contribution is -2.32. The van der Waals surface area contributed by atoms with Crippen LogP contribution in [-0.2, 0) is 23.1 Å². The Bertz CT molecular complexity index is 1330. The summed E-state index contributed by atoms with van der Waals surface area (Å²) in [6, 6.07) is 10.2. The number of carbonyl (C=O) groups is 1. The van der Waals surface area contributed by atoms with Crippen molar-refractivity contribution in [1.82, 2.24) is 9.88 Å². The summed E-state index contributed by atoms with van der Waals surface area (Å²) in [4.78, 5) is 19.1. The van der Waals surface area contributed by atoms with E-state index in [-0.39, 0.29) is 0 Å². The number of aryl methyl sites for hydroxylation is 2. The molecule has 1 saturated heterocycles. The van der Waals surface area contributed by atoms with Crippen LogP contribution in [0, 0.1) is 5.92 Å². The second-order valence-electron chi connectivity index (χ2n) is 11.5. The number of pyridine rings is 1. The third-order valence-electron chi connectivity index (χ3n) is 8.80. The van der Waals surface area contributed by atoms with Gasteiger partial charge >= 0.3 is 5.97 Å². The van der Waals surface area contributed by atoms with E-state index in [2.05, 4.69) is 29.2 Å². The maximum absolute atomic E-state index is 11.7. The van der Waals surface area contributed by atoms with E-state index in [1.54, 1.807) is 26.5 Å². The van der Waals surface area contributed by atoms with Crippen molar-refractivity contribution in [2.24, 2.45) is 5.92 Å². The molecule has 6 heteroatoms. The number of nitrogens with zero attached hydrogens (tertiary/aromatic N) is 2. The van der Waals surface area contributed by atoms with E-state index < -0.39 is 11.4 Å². The summed E-state index contributed by atoms with van der Waals surface area (Å²) in [5, 5.41) is 10.5. The lowest BCUT2D eigenvalue weighted by Gasteiger charge is -2.32. The standard InChI is InChI=1S/C33H39ClN2O3/c1-33(2,32(37)38)26-11-10-22(29(21-26)39-3)7-5-17-36-18-14-23(15-19-36)30-28-13-12-27(34)20-25(28)9-8-24-6-4-16-35-31(24)30/h4,6,10-12,16,20-21,28H,5,7-9,13-15,17-19H2,1-3H3,(H,37,38). The molecule has 5 nitrogen and oxygen atoms in total. The van der Waals surface area contributed by atoms with Crippen LogP contribution in [0.2, 0.25) is 0 Å². The number of aromatic nitrogens is 1. The molecule has 0 bridgehead atoms. The van der Waals surface area contributed by atoms with Gasteiger partial charge in [-0.2, -0.15) is 0 Å². The number of methoxy groups -OCH3 is 1. The summed E-state index contributed by atoms with van der Waals surface area (Å²) in [5.41, 5.74) is 8.00. The van der Waals surface area contributed by atoms with Crippen LogP contribution < -0.4 is 4.74 Å². The zero-order chi connectivity index (χ0) is 27.6. The van der Waals surface area contributed by atoms with Gasteiger partial charge in [0.15, 0.2) is 0 Å². The van der Waals surface area contributed by atoms with Gasteiger partial charge in [0.25, 0.3) is 0 Å². The van der Waals surface area contributed by atoms with Crippen LogP contribution in [-0.4, -0.2) is 47.7 Å². The molecule has 0 radical (unpaired) electrons. The van der Waals surface area contributed by atoms with Gasteiger partial charge in [0.2, 0.25) is 0 Å². The minimum atomic E-state index is -0.948. The molecule has 2 aliphatic carbocycles. The number of fused-ring (bicyclic) bond motifs is 2. The van der Waals surface area contributed by atoms with Crippen molar-refractivity contribution >= 4 is 23.1 Å². The van der Waals surface area contributed by atoms with E-state index in [1.165, 1.54) is 22.4 Å². The molecule has 39 heavy (non-hydrogen) atoms. The quantitative estimate of drug-likeness (QED) is 0.407. The van der Waals surface area contributed by atoms with Crippen LogP contribution in [0.3, 0.4) is 0 Å². The number of halogens is 1. The maximum atomic E-state index is 11.7. The van der Waals surface area contributed by atoms with E-state index in [9.17, 15) is 9.90 Å². The zero-order valence-electron chi connectivity index (χ0n) is 23.3. The number of ether oxygens (including phenoxy) is 1. The van der Waals surface area contributed by atoms with Crippen LogP contribution in [0.25, 0.3) is 5.57 Å². The number of rotatable bonds is 7. The fourth-order valence-electron chi connectivity index (χ4n) is 6.28. The van der Waals surface area contributed by atoms with Gasteiger partial charge in [0, 0.05) is 30.2 Å². The molecule has 1 unspecified atom stereocenters. The maximum Gasteiger partial charge on any atom is 0.313 e. The molecule has 0 spiro atoms. The van der Waals surface area contributed by atoms with Crippen molar-refractivity contribution in [3.8, 4) is 5.75 Å².